The van der Waals surface area contributed by atoms with Crippen LogP contribution in [0.2, 0.25) is 0 Å². The summed E-state index contributed by atoms with van der Waals surface area (Å²) in [5.74, 6) is 2.60. The van der Waals surface area contributed by atoms with Crippen LogP contribution in [0.1, 0.15) is 25.3 Å². The maximum Gasteiger partial charge on any atom is 0.231 e. The molecule has 1 aromatic carbocycles. The molecular weight excluding hydrogens is 264 g/mol. The molecular formula is C17H26N2O2. The number of likely N-dealkylation sites (tertiary alicyclic amines) is 1. The Balaban J connectivity index is 1.49. The molecule has 2 atom stereocenters. The number of hydrogen-bond donors (Lipinski definition) is 1. The average Bonchev–Trinajstić information content (AvgIpc) is 3.13. The van der Waals surface area contributed by atoms with E-state index in [2.05, 4.69) is 29.3 Å². The maximum atomic E-state index is 5.45. The lowest BCUT2D eigenvalue weighted by Gasteiger charge is -2.24. The van der Waals surface area contributed by atoms with E-state index in [-0.39, 0.29) is 0 Å². The van der Waals surface area contributed by atoms with Gasteiger partial charge < -0.3 is 19.7 Å². The van der Waals surface area contributed by atoms with E-state index in [0.717, 1.165) is 30.4 Å². The van der Waals surface area contributed by atoms with E-state index in [1.165, 1.54) is 31.5 Å². The zero-order valence-electron chi connectivity index (χ0n) is 13.1. The molecule has 4 heteroatoms. The number of hydrogen-bond acceptors (Lipinski definition) is 4. The summed E-state index contributed by atoms with van der Waals surface area (Å²) in [6.45, 7) is 6.34. The zero-order chi connectivity index (χ0) is 14.7. The van der Waals surface area contributed by atoms with Gasteiger partial charge in [-0.3, -0.25) is 0 Å². The van der Waals surface area contributed by atoms with E-state index in [4.69, 9.17) is 9.47 Å². The van der Waals surface area contributed by atoms with Gasteiger partial charge in [-0.2, -0.15) is 0 Å². The van der Waals surface area contributed by atoms with Crippen molar-refractivity contribution in [2.24, 2.45) is 5.92 Å². The van der Waals surface area contributed by atoms with E-state index in [1.807, 2.05) is 13.1 Å². The summed E-state index contributed by atoms with van der Waals surface area (Å²) in [7, 11) is 2.05. The number of ether oxygens (including phenoxy) is 2. The fourth-order valence-electron chi connectivity index (χ4n) is 3.37. The summed E-state index contributed by atoms with van der Waals surface area (Å²) < 4.78 is 10.8. The first-order valence-electron chi connectivity index (χ1n) is 8.03. The Bertz CT molecular complexity index is 478. The first-order valence-corrected chi connectivity index (χ1v) is 8.03. The lowest BCUT2D eigenvalue weighted by atomic mass is 10.0. The van der Waals surface area contributed by atoms with Crippen molar-refractivity contribution < 1.29 is 9.47 Å². The van der Waals surface area contributed by atoms with Gasteiger partial charge in [-0.15, -0.1) is 0 Å². The summed E-state index contributed by atoms with van der Waals surface area (Å²) in [6, 6.07) is 6.97. The van der Waals surface area contributed by atoms with E-state index in [9.17, 15) is 0 Å². The van der Waals surface area contributed by atoms with Gasteiger partial charge in [0.15, 0.2) is 11.5 Å². The molecule has 0 aromatic heterocycles. The van der Waals surface area contributed by atoms with Crippen molar-refractivity contribution in [3.05, 3.63) is 23.8 Å². The van der Waals surface area contributed by atoms with Crippen molar-refractivity contribution in [2.45, 2.75) is 32.2 Å². The predicted octanol–water partition coefficient (Wildman–Crippen LogP) is 2.28. The molecule has 2 unspecified atom stereocenters. The van der Waals surface area contributed by atoms with E-state index in [0.29, 0.717) is 12.8 Å². The summed E-state index contributed by atoms with van der Waals surface area (Å²) in [6.07, 6.45) is 3.63. The molecule has 0 radical (unpaired) electrons. The molecule has 1 fully saturated rings. The van der Waals surface area contributed by atoms with Crippen molar-refractivity contribution in [3.8, 4) is 11.5 Å². The van der Waals surface area contributed by atoms with Gasteiger partial charge in [0, 0.05) is 12.6 Å². The average molecular weight is 290 g/mol. The fraction of sp³-hybridized carbons (Fsp3) is 0.647. The monoisotopic (exact) mass is 290 g/mol. The molecule has 0 bridgehead atoms. The van der Waals surface area contributed by atoms with Gasteiger partial charge in [-0.05, 0) is 69.9 Å². The SMILES string of the molecule is CNCC1CCN(C(C)CCc2ccc3c(c2)OCO3)C1. The van der Waals surface area contributed by atoms with Crippen LogP contribution in [-0.4, -0.2) is 44.4 Å². The fourth-order valence-corrected chi connectivity index (χ4v) is 3.37. The van der Waals surface area contributed by atoms with Crippen LogP contribution in [0.5, 0.6) is 11.5 Å². The Morgan fingerprint density at radius 1 is 1.33 bits per heavy atom. The van der Waals surface area contributed by atoms with Crippen LogP contribution in [0.4, 0.5) is 0 Å². The van der Waals surface area contributed by atoms with Crippen LogP contribution in [0.15, 0.2) is 18.2 Å². The third kappa shape index (κ3) is 3.50. The molecule has 4 nitrogen and oxygen atoms in total. The number of nitrogens with zero attached hydrogens (tertiary/aromatic N) is 1. The van der Waals surface area contributed by atoms with Crippen molar-refractivity contribution in [1.82, 2.24) is 10.2 Å². The van der Waals surface area contributed by atoms with Crippen LogP contribution in [0.3, 0.4) is 0 Å². The Morgan fingerprint density at radius 2 is 2.19 bits per heavy atom. The van der Waals surface area contributed by atoms with Gasteiger partial charge in [0.25, 0.3) is 0 Å². The second kappa shape index (κ2) is 6.67. The predicted molar refractivity (Wildman–Crippen MR) is 84.0 cm³/mol. The summed E-state index contributed by atoms with van der Waals surface area (Å²) in [5, 5.41) is 3.30. The quantitative estimate of drug-likeness (QED) is 0.871. The molecule has 2 aliphatic heterocycles. The first kappa shape index (κ1) is 14.7. The van der Waals surface area contributed by atoms with Gasteiger partial charge in [0.2, 0.25) is 6.79 Å². The zero-order valence-corrected chi connectivity index (χ0v) is 13.1. The molecule has 2 heterocycles. The number of nitrogens with one attached hydrogen (secondary N) is 1. The standard InChI is InChI=1S/C17H26N2O2/c1-13(19-8-7-15(11-19)10-18-2)3-4-14-5-6-16-17(9-14)21-12-20-16/h5-6,9,13,15,18H,3-4,7-8,10-12H2,1-2H3. The Labute approximate surface area is 127 Å². The maximum absolute atomic E-state index is 5.45. The molecule has 0 amide bonds. The summed E-state index contributed by atoms with van der Waals surface area (Å²) in [5.41, 5.74) is 1.34. The molecule has 1 saturated heterocycles. The smallest absolute Gasteiger partial charge is 0.231 e. The largest absolute Gasteiger partial charge is 0.454 e. The molecule has 0 aliphatic carbocycles. The van der Waals surface area contributed by atoms with Gasteiger partial charge in [-0.1, -0.05) is 6.07 Å². The van der Waals surface area contributed by atoms with Crippen LogP contribution >= 0.6 is 0 Å². The topological polar surface area (TPSA) is 33.7 Å². The third-order valence-corrected chi connectivity index (χ3v) is 4.72. The second-order valence-electron chi connectivity index (χ2n) is 6.28. The molecule has 1 aromatic rings. The highest BCUT2D eigenvalue weighted by molar-refractivity contribution is 5.44. The van der Waals surface area contributed by atoms with Gasteiger partial charge >= 0.3 is 0 Å². The highest BCUT2D eigenvalue weighted by atomic mass is 16.7. The minimum absolute atomic E-state index is 0.357. The summed E-state index contributed by atoms with van der Waals surface area (Å²) in [4.78, 5) is 2.63. The lowest BCUT2D eigenvalue weighted by molar-refractivity contribution is 0.174. The van der Waals surface area contributed by atoms with Crippen LogP contribution < -0.4 is 14.8 Å². The van der Waals surface area contributed by atoms with Crippen LogP contribution in [-0.2, 0) is 6.42 Å². The van der Waals surface area contributed by atoms with Gasteiger partial charge in [0.05, 0.1) is 0 Å². The molecule has 1 N–H and O–H groups in total. The Kier molecular flexibility index (Phi) is 4.66. The van der Waals surface area contributed by atoms with Gasteiger partial charge in [-0.25, -0.2) is 0 Å². The van der Waals surface area contributed by atoms with Gasteiger partial charge in [0.1, 0.15) is 0 Å². The summed E-state index contributed by atoms with van der Waals surface area (Å²) >= 11 is 0. The minimum atomic E-state index is 0.357. The normalized spacial score (nSPS) is 22.7. The first-order chi connectivity index (χ1) is 10.3. The van der Waals surface area contributed by atoms with E-state index >= 15 is 0 Å². The Hall–Kier alpha value is -1.26. The van der Waals surface area contributed by atoms with Crippen LogP contribution in [0.25, 0.3) is 0 Å². The van der Waals surface area contributed by atoms with Crippen LogP contribution in [0, 0.1) is 5.92 Å². The number of benzene rings is 1. The molecule has 21 heavy (non-hydrogen) atoms. The highest BCUT2D eigenvalue weighted by Crippen LogP contribution is 2.33. The van der Waals surface area contributed by atoms with Crippen molar-refractivity contribution in [2.75, 3.05) is 33.5 Å². The molecule has 0 saturated carbocycles. The molecule has 2 aliphatic rings. The lowest BCUT2D eigenvalue weighted by Crippen LogP contribution is -2.32. The Morgan fingerprint density at radius 3 is 3.05 bits per heavy atom. The minimum Gasteiger partial charge on any atom is -0.454 e. The number of rotatable bonds is 6. The molecule has 0 spiro atoms. The van der Waals surface area contributed by atoms with Crippen molar-refractivity contribution >= 4 is 0 Å². The van der Waals surface area contributed by atoms with E-state index < -0.39 is 0 Å². The second-order valence-corrected chi connectivity index (χ2v) is 6.28. The van der Waals surface area contributed by atoms with Crippen molar-refractivity contribution in [3.63, 3.8) is 0 Å². The number of aryl methyl sites for hydroxylation is 1. The molecule has 116 valence electrons. The third-order valence-electron chi connectivity index (χ3n) is 4.72. The number of fused-ring (bicyclic) bond motifs is 1. The van der Waals surface area contributed by atoms with Crippen molar-refractivity contribution in [1.29, 1.82) is 0 Å². The highest BCUT2D eigenvalue weighted by Gasteiger charge is 2.25. The molecule has 3 rings (SSSR count). The van der Waals surface area contributed by atoms with E-state index in [1.54, 1.807) is 0 Å².